The number of hydrogen-bond acceptors (Lipinski definition) is 5. The Morgan fingerprint density at radius 2 is 2.15 bits per heavy atom. The summed E-state index contributed by atoms with van der Waals surface area (Å²) in [6.07, 6.45) is 2.72. The van der Waals surface area contributed by atoms with Gasteiger partial charge in [-0.05, 0) is 42.9 Å². The molecule has 1 aliphatic carbocycles. The zero-order valence-corrected chi connectivity index (χ0v) is 11.3. The van der Waals surface area contributed by atoms with Crippen LogP contribution in [0.25, 0.3) is 0 Å². The van der Waals surface area contributed by atoms with Crippen LogP contribution in [0.2, 0.25) is 0 Å². The molecule has 0 amide bonds. The quantitative estimate of drug-likeness (QED) is 0.849. The van der Waals surface area contributed by atoms with E-state index in [-0.39, 0.29) is 5.97 Å². The first-order valence-electron chi connectivity index (χ1n) is 6.60. The van der Waals surface area contributed by atoms with Crippen LogP contribution in [0.3, 0.4) is 0 Å². The summed E-state index contributed by atoms with van der Waals surface area (Å²) in [7, 11) is 1.38. The fourth-order valence-electron chi connectivity index (χ4n) is 2.72. The number of nitrogens with zero attached hydrogens (tertiary/aromatic N) is 1. The molecule has 2 aromatic rings. The minimum Gasteiger partial charge on any atom is -0.465 e. The van der Waals surface area contributed by atoms with Crippen LogP contribution in [0.1, 0.15) is 39.5 Å². The Balaban J connectivity index is 1.81. The molecule has 0 saturated heterocycles. The maximum Gasteiger partial charge on any atom is 0.337 e. The van der Waals surface area contributed by atoms with Crippen molar-refractivity contribution in [3.05, 3.63) is 46.6 Å². The molecule has 5 heteroatoms. The number of benzene rings is 1. The number of fused-ring (bicyclic) bond motifs is 1. The number of hydrogen-bond donors (Lipinski definition) is 1. The van der Waals surface area contributed by atoms with E-state index in [2.05, 4.69) is 5.16 Å². The van der Waals surface area contributed by atoms with Gasteiger partial charge in [0, 0.05) is 5.56 Å². The number of anilines is 1. The minimum absolute atomic E-state index is 0.314. The highest BCUT2D eigenvalue weighted by atomic mass is 16.5. The van der Waals surface area contributed by atoms with E-state index in [1.807, 2.05) is 12.1 Å². The number of ether oxygens (including phenoxy) is 1. The Labute approximate surface area is 116 Å². The van der Waals surface area contributed by atoms with E-state index in [4.69, 9.17) is 15.0 Å². The zero-order valence-electron chi connectivity index (χ0n) is 11.3. The van der Waals surface area contributed by atoms with Gasteiger partial charge in [-0.1, -0.05) is 17.3 Å². The lowest BCUT2D eigenvalue weighted by atomic mass is 9.82. The summed E-state index contributed by atoms with van der Waals surface area (Å²) in [6, 6.07) is 7.55. The molecule has 104 valence electrons. The van der Waals surface area contributed by atoms with Crippen LogP contribution in [0.5, 0.6) is 0 Å². The number of esters is 1. The Hall–Kier alpha value is -2.30. The van der Waals surface area contributed by atoms with Crippen LogP contribution in [0, 0.1) is 0 Å². The van der Waals surface area contributed by atoms with E-state index in [1.165, 1.54) is 12.7 Å². The number of nitrogen functional groups attached to an aromatic ring is 1. The van der Waals surface area contributed by atoms with Crippen LogP contribution < -0.4 is 5.73 Å². The van der Waals surface area contributed by atoms with Crippen LogP contribution in [-0.4, -0.2) is 18.2 Å². The van der Waals surface area contributed by atoms with Crippen molar-refractivity contribution < 1.29 is 14.1 Å². The average molecular weight is 272 g/mol. The van der Waals surface area contributed by atoms with Gasteiger partial charge in [-0.2, -0.15) is 0 Å². The predicted octanol–water partition coefficient (Wildman–Crippen LogP) is 2.32. The van der Waals surface area contributed by atoms with Crippen molar-refractivity contribution in [1.82, 2.24) is 5.16 Å². The Bertz CT molecular complexity index is 631. The molecule has 0 radical (unpaired) electrons. The molecule has 1 heterocycles. The summed E-state index contributed by atoms with van der Waals surface area (Å²) in [5.74, 6) is 0.498. The number of rotatable bonds is 2. The smallest absolute Gasteiger partial charge is 0.337 e. The highest BCUT2D eigenvalue weighted by Crippen LogP contribution is 2.35. The fourth-order valence-corrected chi connectivity index (χ4v) is 2.72. The highest BCUT2D eigenvalue weighted by Gasteiger charge is 2.25. The van der Waals surface area contributed by atoms with E-state index >= 15 is 0 Å². The molecule has 1 aromatic carbocycles. The van der Waals surface area contributed by atoms with Crippen LogP contribution in [-0.2, 0) is 17.6 Å². The normalized spacial score (nSPS) is 17.6. The second kappa shape index (κ2) is 5.00. The number of aryl methyl sites for hydroxylation is 1. The molecule has 5 nitrogen and oxygen atoms in total. The predicted molar refractivity (Wildman–Crippen MR) is 73.5 cm³/mol. The molecule has 0 saturated carbocycles. The third-order valence-electron chi connectivity index (χ3n) is 3.88. The molecule has 0 aliphatic heterocycles. The molecule has 0 bridgehead atoms. The number of methoxy groups -OCH3 is 1. The van der Waals surface area contributed by atoms with Crippen molar-refractivity contribution in [3.63, 3.8) is 0 Å². The summed E-state index contributed by atoms with van der Waals surface area (Å²) in [4.78, 5) is 11.4. The Morgan fingerprint density at radius 1 is 1.40 bits per heavy atom. The van der Waals surface area contributed by atoms with Gasteiger partial charge in [-0.25, -0.2) is 4.79 Å². The van der Waals surface area contributed by atoms with E-state index in [9.17, 15) is 4.79 Å². The van der Waals surface area contributed by atoms with Gasteiger partial charge in [0.25, 0.3) is 0 Å². The second-order valence-electron chi connectivity index (χ2n) is 5.03. The molecule has 1 aliphatic rings. The van der Waals surface area contributed by atoms with Crippen LogP contribution in [0.15, 0.2) is 28.8 Å². The monoisotopic (exact) mass is 272 g/mol. The minimum atomic E-state index is -0.314. The molecule has 1 unspecified atom stereocenters. The van der Waals surface area contributed by atoms with Gasteiger partial charge in [-0.15, -0.1) is 0 Å². The largest absolute Gasteiger partial charge is 0.465 e. The molecule has 1 atom stereocenters. The SMILES string of the molecule is COC(=O)c1ccc(C2CCc3noc(N)c3C2)cc1. The molecule has 3 rings (SSSR count). The standard InChI is InChI=1S/C15H16N2O3/c1-19-15(18)10-4-2-9(3-5-10)11-6-7-13-12(8-11)14(16)20-17-13/h2-5,11H,6-8,16H2,1H3. The number of nitrogens with two attached hydrogens (primary N) is 1. The molecule has 2 N–H and O–H groups in total. The molecular formula is C15H16N2O3. The lowest BCUT2D eigenvalue weighted by Gasteiger charge is -2.21. The van der Waals surface area contributed by atoms with Gasteiger partial charge < -0.3 is 15.0 Å². The maximum absolute atomic E-state index is 11.4. The van der Waals surface area contributed by atoms with Gasteiger partial charge >= 0.3 is 5.97 Å². The summed E-state index contributed by atoms with van der Waals surface area (Å²) in [5, 5.41) is 3.97. The maximum atomic E-state index is 11.4. The average Bonchev–Trinajstić information content (AvgIpc) is 2.87. The fraction of sp³-hybridized carbons (Fsp3) is 0.333. The summed E-state index contributed by atoms with van der Waals surface area (Å²) in [6.45, 7) is 0. The van der Waals surface area contributed by atoms with Crippen molar-refractivity contribution in [2.75, 3.05) is 12.8 Å². The lowest BCUT2D eigenvalue weighted by molar-refractivity contribution is 0.0600. The molecule has 0 fully saturated rings. The van der Waals surface area contributed by atoms with E-state index < -0.39 is 0 Å². The van der Waals surface area contributed by atoms with E-state index in [0.717, 1.165) is 30.5 Å². The van der Waals surface area contributed by atoms with Crippen molar-refractivity contribution in [3.8, 4) is 0 Å². The lowest BCUT2D eigenvalue weighted by Crippen LogP contribution is -2.13. The number of aromatic nitrogens is 1. The van der Waals surface area contributed by atoms with Gasteiger partial charge in [0.15, 0.2) is 0 Å². The van der Waals surface area contributed by atoms with Gasteiger partial charge in [-0.3, -0.25) is 0 Å². The second-order valence-corrected chi connectivity index (χ2v) is 5.03. The van der Waals surface area contributed by atoms with Crippen molar-refractivity contribution in [2.24, 2.45) is 0 Å². The molecule has 0 spiro atoms. The zero-order chi connectivity index (χ0) is 14.1. The summed E-state index contributed by atoms with van der Waals surface area (Å²) in [5.41, 5.74) is 9.56. The summed E-state index contributed by atoms with van der Waals surface area (Å²) < 4.78 is 9.73. The van der Waals surface area contributed by atoms with Gasteiger partial charge in [0.1, 0.15) is 0 Å². The molecular weight excluding hydrogens is 256 g/mol. The Kier molecular flexibility index (Phi) is 3.18. The van der Waals surface area contributed by atoms with Crippen molar-refractivity contribution >= 4 is 11.9 Å². The molecule has 20 heavy (non-hydrogen) atoms. The molecule has 1 aromatic heterocycles. The topological polar surface area (TPSA) is 78.3 Å². The third kappa shape index (κ3) is 2.15. The third-order valence-corrected chi connectivity index (χ3v) is 3.88. The Morgan fingerprint density at radius 3 is 2.85 bits per heavy atom. The van der Waals surface area contributed by atoms with Crippen LogP contribution in [0.4, 0.5) is 5.88 Å². The first-order chi connectivity index (χ1) is 9.69. The van der Waals surface area contributed by atoms with Crippen LogP contribution >= 0.6 is 0 Å². The van der Waals surface area contributed by atoms with Crippen molar-refractivity contribution in [1.29, 1.82) is 0 Å². The van der Waals surface area contributed by atoms with E-state index in [0.29, 0.717) is 17.4 Å². The van der Waals surface area contributed by atoms with Crippen molar-refractivity contribution in [2.45, 2.75) is 25.2 Å². The van der Waals surface area contributed by atoms with Gasteiger partial charge in [0.05, 0.1) is 18.4 Å². The van der Waals surface area contributed by atoms with Gasteiger partial charge in [0.2, 0.25) is 5.88 Å². The highest BCUT2D eigenvalue weighted by molar-refractivity contribution is 5.89. The number of carbonyl (C=O) groups excluding carboxylic acids is 1. The first-order valence-corrected chi connectivity index (χ1v) is 6.60. The first kappa shape index (κ1) is 12.7. The summed E-state index contributed by atoms with van der Waals surface area (Å²) >= 11 is 0. The number of carbonyl (C=O) groups is 1. The van der Waals surface area contributed by atoms with E-state index in [1.54, 1.807) is 12.1 Å².